The molecule has 0 heterocycles. The van der Waals surface area contributed by atoms with Crippen LogP contribution in [0.1, 0.15) is 5.56 Å². The number of ether oxygens (including phenoxy) is 1. The summed E-state index contributed by atoms with van der Waals surface area (Å²) in [5, 5.41) is -0.153. The van der Waals surface area contributed by atoms with E-state index in [4.69, 9.17) is 17.3 Å². The molecule has 0 fully saturated rings. The van der Waals surface area contributed by atoms with Crippen molar-refractivity contribution in [3.8, 4) is 5.75 Å². The minimum absolute atomic E-state index is 0.153. The number of hydrogen-bond acceptors (Lipinski definition) is 2. The van der Waals surface area contributed by atoms with Crippen molar-refractivity contribution in [1.82, 2.24) is 0 Å². The SMILES string of the molecule is Cc1cc(N)cc(Cl)c1OC(F)(F)F. The first kappa shape index (κ1) is 11.0. The molecule has 0 amide bonds. The van der Waals surface area contributed by atoms with Crippen molar-refractivity contribution >= 4 is 17.3 Å². The van der Waals surface area contributed by atoms with Gasteiger partial charge in [-0.25, -0.2) is 0 Å². The summed E-state index contributed by atoms with van der Waals surface area (Å²) < 4.78 is 39.4. The molecule has 0 aromatic heterocycles. The molecule has 0 unspecified atom stereocenters. The second kappa shape index (κ2) is 3.57. The average Bonchev–Trinajstić information content (AvgIpc) is 1.95. The fourth-order valence-corrected chi connectivity index (χ4v) is 1.32. The first-order valence-corrected chi connectivity index (χ1v) is 3.99. The van der Waals surface area contributed by atoms with Crippen LogP contribution in [-0.2, 0) is 0 Å². The third-order valence-corrected chi connectivity index (χ3v) is 1.75. The van der Waals surface area contributed by atoms with Gasteiger partial charge in [-0.2, -0.15) is 0 Å². The average molecular weight is 226 g/mol. The smallest absolute Gasteiger partial charge is 0.404 e. The molecule has 0 aliphatic carbocycles. The molecule has 14 heavy (non-hydrogen) atoms. The van der Waals surface area contributed by atoms with Crippen molar-refractivity contribution < 1.29 is 17.9 Å². The second-order valence-electron chi connectivity index (χ2n) is 2.70. The maximum atomic E-state index is 11.9. The first-order chi connectivity index (χ1) is 6.29. The van der Waals surface area contributed by atoms with Gasteiger partial charge in [0.2, 0.25) is 0 Å². The summed E-state index contributed by atoms with van der Waals surface area (Å²) in [6.45, 7) is 1.43. The number of alkyl halides is 3. The summed E-state index contributed by atoms with van der Waals surface area (Å²) in [4.78, 5) is 0. The molecule has 0 bridgehead atoms. The minimum Gasteiger partial charge on any atom is -0.404 e. The third kappa shape index (κ3) is 2.70. The third-order valence-electron chi connectivity index (χ3n) is 1.47. The number of anilines is 1. The Labute approximate surface area is 83.4 Å². The summed E-state index contributed by atoms with van der Waals surface area (Å²) in [5.41, 5.74) is 5.91. The van der Waals surface area contributed by atoms with Gasteiger partial charge >= 0.3 is 6.36 Å². The van der Waals surface area contributed by atoms with Crippen LogP contribution in [0.25, 0.3) is 0 Å². The van der Waals surface area contributed by atoms with Crippen LogP contribution in [0.5, 0.6) is 5.75 Å². The molecule has 2 nitrogen and oxygen atoms in total. The predicted octanol–water partition coefficient (Wildman–Crippen LogP) is 3.13. The molecular formula is C8H7ClF3NO. The maximum Gasteiger partial charge on any atom is 0.573 e. The summed E-state index contributed by atoms with van der Waals surface area (Å²) in [6, 6.07) is 2.56. The molecule has 0 saturated carbocycles. The molecule has 0 aliphatic rings. The summed E-state index contributed by atoms with van der Waals surface area (Å²) in [5.74, 6) is -0.409. The van der Waals surface area contributed by atoms with E-state index in [1.165, 1.54) is 19.1 Å². The number of nitrogen functional groups attached to an aromatic ring is 1. The molecule has 0 spiro atoms. The Morgan fingerprint density at radius 2 is 1.93 bits per heavy atom. The molecule has 0 saturated heterocycles. The van der Waals surface area contributed by atoms with Gasteiger partial charge in [0.05, 0.1) is 5.02 Å². The van der Waals surface area contributed by atoms with Gasteiger partial charge in [-0.3, -0.25) is 0 Å². The first-order valence-electron chi connectivity index (χ1n) is 3.61. The van der Waals surface area contributed by atoms with Gasteiger partial charge in [0.25, 0.3) is 0 Å². The van der Waals surface area contributed by atoms with Crippen molar-refractivity contribution in [2.45, 2.75) is 13.3 Å². The lowest BCUT2D eigenvalue weighted by Crippen LogP contribution is -2.18. The molecule has 0 aliphatic heterocycles. The zero-order valence-corrected chi connectivity index (χ0v) is 7.91. The van der Waals surface area contributed by atoms with Crippen LogP contribution in [0.3, 0.4) is 0 Å². The van der Waals surface area contributed by atoms with E-state index >= 15 is 0 Å². The lowest BCUT2D eigenvalue weighted by molar-refractivity contribution is -0.274. The molecular weight excluding hydrogens is 219 g/mol. The Morgan fingerprint density at radius 1 is 1.36 bits per heavy atom. The highest BCUT2D eigenvalue weighted by molar-refractivity contribution is 6.32. The number of benzene rings is 1. The van der Waals surface area contributed by atoms with Crippen LogP contribution in [0.2, 0.25) is 5.02 Å². The van der Waals surface area contributed by atoms with Crippen LogP contribution in [0.15, 0.2) is 12.1 Å². The molecule has 2 N–H and O–H groups in total. The van der Waals surface area contributed by atoms with Gasteiger partial charge < -0.3 is 10.5 Å². The van der Waals surface area contributed by atoms with E-state index in [9.17, 15) is 13.2 Å². The molecule has 1 aromatic carbocycles. The fraction of sp³-hybridized carbons (Fsp3) is 0.250. The van der Waals surface area contributed by atoms with Gasteiger partial charge in [-0.1, -0.05) is 11.6 Å². The summed E-state index contributed by atoms with van der Waals surface area (Å²) in [6.07, 6.45) is -4.75. The number of nitrogens with two attached hydrogens (primary N) is 1. The van der Waals surface area contributed by atoms with E-state index in [2.05, 4.69) is 4.74 Å². The second-order valence-corrected chi connectivity index (χ2v) is 3.10. The van der Waals surface area contributed by atoms with E-state index in [-0.39, 0.29) is 10.6 Å². The summed E-state index contributed by atoms with van der Waals surface area (Å²) >= 11 is 5.54. The van der Waals surface area contributed by atoms with Crippen molar-refractivity contribution in [3.63, 3.8) is 0 Å². The quantitative estimate of drug-likeness (QED) is 0.746. The minimum atomic E-state index is -4.75. The lowest BCUT2D eigenvalue weighted by Gasteiger charge is -2.13. The van der Waals surface area contributed by atoms with E-state index in [0.717, 1.165) is 0 Å². The van der Waals surface area contributed by atoms with Crippen molar-refractivity contribution in [2.75, 3.05) is 5.73 Å². The standard InChI is InChI=1S/C8H7ClF3NO/c1-4-2-5(13)3-6(9)7(4)14-8(10,11)12/h2-3H,13H2,1H3. The van der Waals surface area contributed by atoms with Crippen molar-refractivity contribution in [1.29, 1.82) is 0 Å². The molecule has 0 radical (unpaired) electrons. The monoisotopic (exact) mass is 225 g/mol. The van der Waals surface area contributed by atoms with Gasteiger partial charge in [-0.15, -0.1) is 13.2 Å². The van der Waals surface area contributed by atoms with Crippen LogP contribution >= 0.6 is 11.6 Å². The Hall–Kier alpha value is -1.10. The van der Waals surface area contributed by atoms with Gasteiger partial charge in [-0.05, 0) is 24.6 Å². The van der Waals surface area contributed by atoms with Crippen molar-refractivity contribution in [3.05, 3.63) is 22.7 Å². The van der Waals surface area contributed by atoms with E-state index in [1.807, 2.05) is 0 Å². The Kier molecular flexibility index (Phi) is 2.80. The summed E-state index contributed by atoms with van der Waals surface area (Å²) in [7, 11) is 0. The molecule has 78 valence electrons. The van der Waals surface area contributed by atoms with Crippen LogP contribution in [0.4, 0.5) is 18.9 Å². The van der Waals surface area contributed by atoms with Crippen LogP contribution in [-0.4, -0.2) is 6.36 Å². The highest BCUT2D eigenvalue weighted by atomic mass is 35.5. The molecule has 6 heteroatoms. The van der Waals surface area contributed by atoms with Crippen LogP contribution in [0, 0.1) is 6.92 Å². The molecule has 0 atom stereocenters. The highest BCUT2D eigenvalue weighted by Crippen LogP contribution is 2.34. The maximum absolute atomic E-state index is 11.9. The predicted molar refractivity (Wildman–Crippen MR) is 47.3 cm³/mol. The van der Waals surface area contributed by atoms with Crippen LogP contribution < -0.4 is 10.5 Å². The number of rotatable bonds is 1. The van der Waals surface area contributed by atoms with Gasteiger partial charge in [0.15, 0.2) is 5.75 Å². The number of hydrogen-bond donors (Lipinski definition) is 1. The topological polar surface area (TPSA) is 35.2 Å². The highest BCUT2D eigenvalue weighted by Gasteiger charge is 2.32. The zero-order chi connectivity index (χ0) is 10.9. The molecule has 1 rings (SSSR count). The zero-order valence-electron chi connectivity index (χ0n) is 7.15. The lowest BCUT2D eigenvalue weighted by atomic mass is 10.2. The van der Waals surface area contributed by atoms with E-state index in [0.29, 0.717) is 5.69 Å². The number of halogens is 4. The fourth-order valence-electron chi connectivity index (χ4n) is 1.00. The van der Waals surface area contributed by atoms with Gasteiger partial charge in [0.1, 0.15) is 0 Å². The Bertz CT molecular complexity index is 328. The number of aryl methyl sites for hydroxylation is 1. The Morgan fingerprint density at radius 3 is 2.36 bits per heavy atom. The van der Waals surface area contributed by atoms with E-state index in [1.54, 1.807) is 0 Å². The van der Waals surface area contributed by atoms with E-state index < -0.39 is 12.1 Å². The van der Waals surface area contributed by atoms with Gasteiger partial charge in [0, 0.05) is 5.69 Å². The Balaban J connectivity index is 3.09. The molecule has 1 aromatic rings. The largest absolute Gasteiger partial charge is 0.573 e. The normalized spacial score (nSPS) is 11.5. The van der Waals surface area contributed by atoms with Crippen molar-refractivity contribution in [2.24, 2.45) is 0 Å².